The van der Waals surface area contributed by atoms with Crippen LogP contribution in [0.4, 0.5) is 26.3 Å². The molecule has 2 nitrogen and oxygen atoms in total. The molecule has 1 aromatic carbocycles. The molecular formula is C20H22F6N2. The van der Waals surface area contributed by atoms with E-state index in [4.69, 9.17) is 0 Å². The van der Waals surface area contributed by atoms with Crippen molar-refractivity contribution in [3.05, 3.63) is 65.0 Å². The molecular weight excluding hydrogens is 382 g/mol. The Labute approximate surface area is 160 Å². The van der Waals surface area contributed by atoms with Gasteiger partial charge in [-0.25, -0.2) is 0 Å². The Kier molecular flexibility index (Phi) is 6.75. The van der Waals surface area contributed by atoms with E-state index in [-0.39, 0.29) is 12.1 Å². The van der Waals surface area contributed by atoms with Crippen LogP contribution in [0.25, 0.3) is 0 Å². The number of hydrogen-bond acceptors (Lipinski definition) is 2. The first kappa shape index (κ1) is 22.2. The molecule has 1 aromatic heterocycles. The van der Waals surface area contributed by atoms with Crippen LogP contribution in [-0.2, 0) is 12.4 Å². The van der Waals surface area contributed by atoms with E-state index < -0.39 is 23.6 Å². The summed E-state index contributed by atoms with van der Waals surface area (Å²) in [6.07, 6.45) is -7.06. The maximum atomic E-state index is 12.8. The van der Waals surface area contributed by atoms with E-state index in [0.717, 1.165) is 18.2 Å². The van der Waals surface area contributed by atoms with Crippen molar-refractivity contribution in [3.63, 3.8) is 0 Å². The second-order valence-corrected chi connectivity index (χ2v) is 6.52. The monoisotopic (exact) mass is 404 g/mol. The Bertz CT molecular complexity index is 750. The van der Waals surface area contributed by atoms with Gasteiger partial charge in [-0.3, -0.25) is 9.88 Å². The molecule has 0 saturated heterocycles. The summed E-state index contributed by atoms with van der Waals surface area (Å²) >= 11 is 0. The van der Waals surface area contributed by atoms with Gasteiger partial charge in [-0.2, -0.15) is 26.3 Å². The number of halogens is 6. The topological polar surface area (TPSA) is 16.1 Å². The summed E-state index contributed by atoms with van der Waals surface area (Å²) < 4.78 is 76.5. The fourth-order valence-electron chi connectivity index (χ4n) is 3.34. The molecule has 1 heterocycles. The number of rotatable bonds is 6. The smallest absolute Gasteiger partial charge is 0.290 e. The summed E-state index contributed by atoms with van der Waals surface area (Å²) in [5.41, 5.74) is -0.334. The number of benzene rings is 1. The molecule has 28 heavy (non-hydrogen) atoms. The Morgan fingerprint density at radius 3 is 1.82 bits per heavy atom. The highest BCUT2D eigenvalue weighted by Gasteiger charge is 2.33. The van der Waals surface area contributed by atoms with Gasteiger partial charge in [0.1, 0.15) is 5.69 Å². The molecule has 0 aliphatic carbocycles. The van der Waals surface area contributed by atoms with Gasteiger partial charge >= 0.3 is 12.4 Å². The van der Waals surface area contributed by atoms with E-state index in [0.29, 0.717) is 24.1 Å². The predicted octanol–water partition coefficient (Wildman–Crippen LogP) is 6.65. The number of pyridine rings is 1. The molecule has 0 spiro atoms. The quantitative estimate of drug-likeness (QED) is 0.501. The van der Waals surface area contributed by atoms with Gasteiger partial charge < -0.3 is 0 Å². The Hall–Kier alpha value is -2.09. The molecule has 0 N–H and O–H groups in total. The molecule has 2 rings (SSSR count). The first-order chi connectivity index (χ1) is 13.0. The SMILES string of the molecule is CC[C@H](c1ccc(C(F)(F)F)nc1)N(CC)[C@@H](C)c1ccc(C(F)(F)F)cc1. The predicted molar refractivity (Wildman–Crippen MR) is 94.5 cm³/mol. The molecule has 8 heteroatoms. The molecule has 0 unspecified atom stereocenters. The second-order valence-electron chi connectivity index (χ2n) is 6.52. The second kappa shape index (κ2) is 8.51. The summed E-state index contributed by atoms with van der Waals surface area (Å²) in [5, 5.41) is 0. The van der Waals surface area contributed by atoms with Gasteiger partial charge in [-0.05, 0) is 49.2 Å². The zero-order valence-corrected chi connectivity index (χ0v) is 15.8. The normalized spacial score (nSPS) is 14.9. The van der Waals surface area contributed by atoms with E-state index in [9.17, 15) is 26.3 Å². The minimum Gasteiger partial charge on any atom is -0.290 e. The summed E-state index contributed by atoms with van der Waals surface area (Å²) in [6, 6.07) is 6.89. The van der Waals surface area contributed by atoms with E-state index in [2.05, 4.69) is 4.98 Å². The molecule has 0 radical (unpaired) electrons. The van der Waals surface area contributed by atoms with Crippen LogP contribution < -0.4 is 0 Å². The van der Waals surface area contributed by atoms with E-state index in [1.165, 1.54) is 24.4 Å². The molecule has 0 aliphatic heterocycles. The van der Waals surface area contributed by atoms with Gasteiger partial charge in [-0.15, -0.1) is 0 Å². The first-order valence-corrected chi connectivity index (χ1v) is 8.95. The molecule has 0 saturated carbocycles. The molecule has 0 fully saturated rings. The maximum Gasteiger partial charge on any atom is 0.433 e. The third-order valence-electron chi connectivity index (χ3n) is 4.83. The average molecular weight is 404 g/mol. The van der Waals surface area contributed by atoms with Crippen LogP contribution in [0.2, 0.25) is 0 Å². The minimum atomic E-state index is -4.50. The number of alkyl halides is 6. The average Bonchev–Trinajstić information content (AvgIpc) is 2.64. The number of hydrogen-bond donors (Lipinski definition) is 0. The van der Waals surface area contributed by atoms with Gasteiger partial charge in [0, 0.05) is 18.3 Å². The van der Waals surface area contributed by atoms with Gasteiger partial charge in [0.05, 0.1) is 5.56 Å². The van der Waals surface area contributed by atoms with Crippen molar-refractivity contribution >= 4 is 0 Å². The van der Waals surface area contributed by atoms with Gasteiger partial charge in [-0.1, -0.05) is 32.0 Å². The zero-order valence-electron chi connectivity index (χ0n) is 15.8. The molecule has 0 amide bonds. The van der Waals surface area contributed by atoms with Crippen molar-refractivity contribution in [2.75, 3.05) is 6.54 Å². The zero-order chi connectivity index (χ0) is 21.1. The van der Waals surface area contributed by atoms with Gasteiger partial charge in [0.15, 0.2) is 0 Å². The molecule has 0 bridgehead atoms. The van der Waals surface area contributed by atoms with Crippen molar-refractivity contribution < 1.29 is 26.3 Å². The van der Waals surface area contributed by atoms with Crippen LogP contribution in [0.3, 0.4) is 0 Å². The fraction of sp³-hybridized carbons (Fsp3) is 0.450. The lowest BCUT2D eigenvalue weighted by Gasteiger charge is -2.36. The Morgan fingerprint density at radius 1 is 0.857 bits per heavy atom. The third-order valence-corrected chi connectivity index (χ3v) is 4.83. The van der Waals surface area contributed by atoms with Crippen molar-refractivity contribution in [3.8, 4) is 0 Å². The lowest BCUT2D eigenvalue weighted by molar-refractivity contribution is -0.141. The Morgan fingerprint density at radius 2 is 1.43 bits per heavy atom. The lowest BCUT2D eigenvalue weighted by atomic mass is 9.98. The largest absolute Gasteiger partial charge is 0.433 e. The summed E-state index contributed by atoms with van der Waals surface area (Å²) in [7, 11) is 0. The highest BCUT2D eigenvalue weighted by Crippen LogP contribution is 2.35. The van der Waals surface area contributed by atoms with Crippen LogP contribution in [0.1, 0.15) is 61.7 Å². The number of aromatic nitrogens is 1. The van der Waals surface area contributed by atoms with Crippen molar-refractivity contribution in [1.29, 1.82) is 0 Å². The fourth-order valence-corrected chi connectivity index (χ4v) is 3.34. The molecule has 0 aliphatic rings. The Balaban J connectivity index is 2.28. The summed E-state index contributed by atoms with van der Waals surface area (Å²) in [4.78, 5) is 5.56. The van der Waals surface area contributed by atoms with E-state index >= 15 is 0 Å². The standard InChI is InChI=1S/C20H22F6N2/c1-4-17(15-8-11-18(27-12-15)20(24,25)26)28(5-2)13(3)14-6-9-16(10-7-14)19(21,22)23/h6-13,17H,4-5H2,1-3H3/t13-,17+/m0/s1. The highest BCUT2D eigenvalue weighted by atomic mass is 19.4. The molecule has 154 valence electrons. The van der Waals surface area contributed by atoms with Crippen LogP contribution in [0, 0.1) is 0 Å². The lowest BCUT2D eigenvalue weighted by Crippen LogP contribution is -2.31. The third kappa shape index (κ3) is 5.04. The van der Waals surface area contributed by atoms with Crippen LogP contribution in [-0.4, -0.2) is 16.4 Å². The maximum absolute atomic E-state index is 12.8. The van der Waals surface area contributed by atoms with Crippen LogP contribution in [0.15, 0.2) is 42.6 Å². The van der Waals surface area contributed by atoms with Gasteiger partial charge in [0.25, 0.3) is 0 Å². The van der Waals surface area contributed by atoms with Crippen LogP contribution >= 0.6 is 0 Å². The molecule has 2 aromatic rings. The summed E-state index contributed by atoms with van der Waals surface area (Å²) in [6.45, 7) is 6.25. The summed E-state index contributed by atoms with van der Waals surface area (Å²) in [5.74, 6) is 0. The van der Waals surface area contributed by atoms with Crippen LogP contribution in [0.5, 0.6) is 0 Å². The van der Waals surface area contributed by atoms with Crippen molar-refractivity contribution in [2.24, 2.45) is 0 Å². The van der Waals surface area contributed by atoms with Crippen molar-refractivity contribution in [2.45, 2.75) is 51.6 Å². The first-order valence-electron chi connectivity index (χ1n) is 8.95. The van der Waals surface area contributed by atoms with Crippen molar-refractivity contribution in [1.82, 2.24) is 9.88 Å². The molecule has 2 atom stereocenters. The van der Waals surface area contributed by atoms with E-state index in [1.807, 2.05) is 25.7 Å². The van der Waals surface area contributed by atoms with E-state index in [1.54, 1.807) is 0 Å². The highest BCUT2D eigenvalue weighted by molar-refractivity contribution is 5.27. The number of nitrogens with zero attached hydrogens (tertiary/aromatic N) is 2. The van der Waals surface area contributed by atoms with Gasteiger partial charge in [0.2, 0.25) is 0 Å². The minimum absolute atomic E-state index is 0.211.